The summed E-state index contributed by atoms with van der Waals surface area (Å²) >= 11 is 0. The van der Waals surface area contributed by atoms with Gasteiger partial charge in [-0.1, -0.05) is 51.2 Å². The fourth-order valence-corrected chi connectivity index (χ4v) is 3.44. The molecule has 3 rings (SSSR count). The first-order chi connectivity index (χ1) is 8.50. The molecular weight excluding hydrogens is 395 g/mol. The van der Waals surface area contributed by atoms with Crippen molar-refractivity contribution in [3.63, 3.8) is 0 Å². The fourth-order valence-electron chi connectivity index (χ4n) is 3.44. The van der Waals surface area contributed by atoms with Crippen molar-refractivity contribution in [1.82, 2.24) is 0 Å². The van der Waals surface area contributed by atoms with Crippen LogP contribution in [0.2, 0.25) is 0 Å². The minimum absolute atomic E-state index is 0. The summed E-state index contributed by atoms with van der Waals surface area (Å²) in [5.41, 5.74) is 5.16. The zero-order chi connectivity index (χ0) is 12.9. The van der Waals surface area contributed by atoms with Crippen LogP contribution >= 0.6 is 0 Å². The Morgan fingerprint density at radius 1 is 1.21 bits per heavy atom. The molecule has 0 heterocycles. The SMILES string of the molecule is CCC(C)[c-]1ccc2cc3c(cc21)CC(C)(C)C3.[Hf]. The van der Waals surface area contributed by atoms with Gasteiger partial charge in [0.2, 0.25) is 0 Å². The molecule has 0 bridgehead atoms. The molecule has 1 aliphatic rings. The topological polar surface area (TPSA) is 0 Å². The van der Waals surface area contributed by atoms with Gasteiger partial charge in [-0.15, -0.1) is 34.5 Å². The third kappa shape index (κ3) is 2.63. The van der Waals surface area contributed by atoms with Crippen LogP contribution in [0.5, 0.6) is 0 Å². The zero-order valence-corrected chi connectivity index (χ0v) is 16.1. The molecule has 1 aliphatic carbocycles. The van der Waals surface area contributed by atoms with E-state index in [9.17, 15) is 0 Å². The number of hydrogen-bond donors (Lipinski definition) is 0. The van der Waals surface area contributed by atoms with Gasteiger partial charge in [-0.05, 0) is 18.3 Å². The second kappa shape index (κ2) is 5.24. The van der Waals surface area contributed by atoms with E-state index < -0.39 is 0 Å². The van der Waals surface area contributed by atoms with Crippen molar-refractivity contribution in [2.45, 2.75) is 52.9 Å². The summed E-state index contributed by atoms with van der Waals surface area (Å²) in [7, 11) is 0. The summed E-state index contributed by atoms with van der Waals surface area (Å²) < 4.78 is 0. The van der Waals surface area contributed by atoms with Gasteiger partial charge in [-0.25, -0.2) is 0 Å². The molecule has 1 atom stereocenters. The van der Waals surface area contributed by atoms with E-state index in [1.807, 2.05) is 0 Å². The molecule has 0 saturated carbocycles. The summed E-state index contributed by atoms with van der Waals surface area (Å²) in [4.78, 5) is 0. The van der Waals surface area contributed by atoms with Crippen LogP contribution in [0.1, 0.15) is 56.7 Å². The van der Waals surface area contributed by atoms with Gasteiger partial charge in [0.15, 0.2) is 0 Å². The van der Waals surface area contributed by atoms with E-state index in [1.165, 1.54) is 30.0 Å². The molecule has 100 valence electrons. The molecular formula is C18H23Hf-. The molecule has 0 radical (unpaired) electrons. The average molecular weight is 418 g/mol. The predicted octanol–water partition coefficient (Wildman–Crippen LogP) is 5.19. The van der Waals surface area contributed by atoms with Gasteiger partial charge < -0.3 is 0 Å². The maximum Gasteiger partial charge on any atom is 0 e. The monoisotopic (exact) mass is 419 g/mol. The molecule has 1 heteroatoms. The first-order valence-corrected chi connectivity index (χ1v) is 7.21. The summed E-state index contributed by atoms with van der Waals surface area (Å²) in [5, 5.41) is 2.95. The normalized spacial score (nSPS) is 18.1. The Bertz CT molecular complexity index is 589. The Kier molecular flexibility index (Phi) is 4.16. The van der Waals surface area contributed by atoms with Gasteiger partial charge >= 0.3 is 0 Å². The van der Waals surface area contributed by atoms with Gasteiger partial charge in [0.25, 0.3) is 0 Å². The quantitative estimate of drug-likeness (QED) is 0.465. The van der Waals surface area contributed by atoms with Crippen LogP contribution in [0.3, 0.4) is 0 Å². The Hall–Kier alpha value is -0.300. The summed E-state index contributed by atoms with van der Waals surface area (Å²) in [6.45, 7) is 9.38. The van der Waals surface area contributed by atoms with Crippen LogP contribution in [0, 0.1) is 5.41 Å². The first kappa shape index (κ1) is 15.1. The molecule has 0 aromatic heterocycles. The number of benzene rings is 1. The van der Waals surface area contributed by atoms with Crippen molar-refractivity contribution in [3.05, 3.63) is 41.0 Å². The summed E-state index contributed by atoms with van der Waals surface area (Å²) in [6.07, 6.45) is 3.70. The van der Waals surface area contributed by atoms with Gasteiger partial charge in [0, 0.05) is 25.8 Å². The number of fused-ring (bicyclic) bond motifs is 2. The van der Waals surface area contributed by atoms with E-state index in [-0.39, 0.29) is 25.8 Å². The van der Waals surface area contributed by atoms with E-state index in [2.05, 4.69) is 52.0 Å². The smallest absolute Gasteiger partial charge is 0 e. The average Bonchev–Trinajstić information content (AvgIpc) is 2.82. The van der Waals surface area contributed by atoms with Gasteiger partial charge in [-0.2, -0.15) is 6.07 Å². The van der Waals surface area contributed by atoms with E-state index >= 15 is 0 Å². The predicted molar refractivity (Wildman–Crippen MR) is 79.4 cm³/mol. The molecule has 2 aromatic rings. The standard InChI is InChI=1S/C18H23.Hf/c1-5-12(2)16-7-6-13-8-14-10-18(3,4)11-15(14)9-17(13)16;/h6-9,12H,5,10-11H2,1-4H3;/q-1;. The van der Waals surface area contributed by atoms with Crippen LogP contribution in [0.15, 0.2) is 24.3 Å². The van der Waals surface area contributed by atoms with Crippen LogP contribution in [0.4, 0.5) is 0 Å². The van der Waals surface area contributed by atoms with Crippen molar-refractivity contribution in [2.75, 3.05) is 0 Å². The van der Waals surface area contributed by atoms with Crippen LogP contribution in [-0.4, -0.2) is 0 Å². The minimum atomic E-state index is 0. The molecule has 19 heavy (non-hydrogen) atoms. The maximum absolute atomic E-state index is 2.47. The maximum atomic E-state index is 2.47. The third-order valence-corrected chi connectivity index (χ3v) is 4.61. The molecule has 0 amide bonds. The Labute approximate surface area is 135 Å². The van der Waals surface area contributed by atoms with E-state index in [0.29, 0.717) is 11.3 Å². The van der Waals surface area contributed by atoms with Gasteiger partial charge in [-0.3, -0.25) is 0 Å². The second-order valence-electron chi connectivity index (χ2n) is 6.82. The van der Waals surface area contributed by atoms with Gasteiger partial charge in [0.05, 0.1) is 0 Å². The Balaban J connectivity index is 0.00000133. The van der Waals surface area contributed by atoms with Crippen LogP contribution in [-0.2, 0) is 38.7 Å². The fraction of sp³-hybridized carbons (Fsp3) is 0.500. The van der Waals surface area contributed by atoms with Crippen molar-refractivity contribution in [1.29, 1.82) is 0 Å². The molecule has 0 spiro atoms. The van der Waals surface area contributed by atoms with Crippen molar-refractivity contribution in [3.8, 4) is 0 Å². The van der Waals surface area contributed by atoms with Crippen molar-refractivity contribution < 1.29 is 25.8 Å². The Morgan fingerprint density at radius 2 is 1.84 bits per heavy atom. The largest absolute Gasteiger partial charge is 0.168 e. The molecule has 1 unspecified atom stereocenters. The molecule has 2 aromatic carbocycles. The van der Waals surface area contributed by atoms with Gasteiger partial charge in [0.1, 0.15) is 0 Å². The minimum Gasteiger partial charge on any atom is -0.168 e. The van der Waals surface area contributed by atoms with E-state index in [0.717, 1.165) is 0 Å². The Morgan fingerprint density at radius 3 is 2.47 bits per heavy atom. The number of rotatable bonds is 2. The van der Waals surface area contributed by atoms with Crippen LogP contribution in [0.25, 0.3) is 10.8 Å². The summed E-state index contributed by atoms with van der Waals surface area (Å²) in [6, 6.07) is 9.55. The van der Waals surface area contributed by atoms with E-state index in [4.69, 9.17) is 0 Å². The molecule has 0 fully saturated rings. The van der Waals surface area contributed by atoms with Crippen molar-refractivity contribution in [2.24, 2.45) is 5.41 Å². The van der Waals surface area contributed by atoms with Crippen molar-refractivity contribution >= 4 is 10.8 Å². The second-order valence-corrected chi connectivity index (χ2v) is 6.82. The van der Waals surface area contributed by atoms with Crippen LogP contribution < -0.4 is 0 Å². The molecule has 0 aliphatic heterocycles. The molecule has 0 saturated heterocycles. The first-order valence-electron chi connectivity index (χ1n) is 7.21. The zero-order valence-electron chi connectivity index (χ0n) is 12.5. The molecule has 0 nitrogen and oxygen atoms in total. The molecule has 0 N–H and O–H groups in total. The third-order valence-electron chi connectivity index (χ3n) is 4.61. The van der Waals surface area contributed by atoms with E-state index in [1.54, 1.807) is 16.7 Å². The number of hydrogen-bond acceptors (Lipinski definition) is 0. The summed E-state index contributed by atoms with van der Waals surface area (Å²) in [5.74, 6) is 0.676.